The summed E-state index contributed by atoms with van der Waals surface area (Å²) in [6, 6.07) is 14.3. The van der Waals surface area contributed by atoms with E-state index in [0.29, 0.717) is 12.3 Å². The summed E-state index contributed by atoms with van der Waals surface area (Å²) in [7, 11) is 0. The van der Waals surface area contributed by atoms with E-state index in [4.69, 9.17) is 4.74 Å². The second-order valence-corrected chi connectivity index (χ2v) is 5.66. The van der Waals surface area contributed by atoms with Gasteiger partial charge in [0.2, 0.25) is 0 Å². The van der Waals surface area contributed by atoms with Crippen LogP contribution in [0.3, 0.4) is 0 Å². The van der Waals surface area contributed by atoms with Crippen LogP contribution in [0.5, 0.6) is 5.75 Å². The smallest absolute Gasteiger partial charge is 0.311 e. The summed E-state index contributed by atoms with van der Waals surface area (Å²) in [5.74, 6) is 0.239. The highest BCUT2D eigenvalue weighted by atomic mass is 16.6. The van der Waals surface area contributed by atoms with Gasteiger partial charge in [0.15, 0.2) is 5.75 Å². The number of anilines is 1. The molecule has 0 amide bonds. The van der Waals surface area contributed by atoms with E-state index in [2.05, 4.69) is 15.6 Å². The van der Waals surface area contributed by atoms with Crippen molar-refractivity contribution in [1.29, 1.82) is 0 Å². The summed E-state index contributed by atoms with van der Waals surface area (Å²) in [6.07, 6.45) is 1.85. The largest absolute Gasteiger partial charge is 0.487 e. The van der Waals surface area contributed by atoms with Crippen LogP contribution in [0.15, 0.2) is 54.7 Å². The number of nitro groups is 1. The van der Waals surface area contributed by atoms with Crippen molar-refractivity contribution in [2.75, 3.05) is 11.9 Å². The fourth-order valence-electron chi connectivity index (χ4n) is 2.53. The Morgan fingerprint density at radius 2 is 2.04 bits per heavy atom. The van der Waals surface area contributed by atoms with Crippen LogP contribution in [0.1, 0.15) is 25.6 Å². The molecule has 8 nitrogen and oxygen atoms in total. The van der Waals surface area contributed by atoms with E-state index in [1.807, 2.05) is 43.5 Å². The minimum atomic E-state index is -0.455. The van der Waals surface area contributed by atoms with Gasteiger partial charge in [0.1, 0.15) is 5.69 Å². The number of nitrogens with zero attached hydrogens (tertiary/aromatic N) is 4. The highest BCUT2D eigenvalue weighted by Crippen LogP contribution is 2.31. The lowest BCUT2D eigenvalue weighted by molar-refractivity contribution is -0.385. The Balaban J connectivity index is 1.78. The average molecular weight is 353 g/mol. The molecule has 0 radical (unpaired) electrons. The standard InChI is InChI=1S/C18H19N5O3/c1-3-26-18-11-14(9-10-17(18)23(24)25)19-13(2)16-12-22(21-20-16)15-7-5-4-6-8-15/h4-13,19H,3H2,1-2H3. The Bertz CT molecular complexity index is 895. The fraction of sp³-hybridized carbons (Fsp3) is 0.222. The molecule has 1 heterocycles. The first-order chi connectivity index (χ1) is 12.6. The molecule has 0 aliphatic heterocycles. The average Bonchev–Trinajstić information content (AvgIpc) is 3.13. The Morgan fingerprint density at radius 1 is 1.27 bits per heavy atom. The zero-order valence-electron chi connectivity index (χ0n) is 14.5. The number of nitrogens with one attached hydrogen (secondary N) is 1. The number of hydrogen-bond donors (Lipinski definition) is 1. The molecule has 0 fully saturated rings. The van der Waals surface area contributed by atoms with Gasteiger partial charge < -0.3 is 10.1 Å². The first-order valence-electron chi connectivity index (χ1n) is 8.24. The van der Waals surface area contributed by atoms with Gasteiger partial charge in [0, 0.05) is 17.8 Å². The van der Waals surface area contributed by atoms with Gasteiger partial charge in [0.25, 0.3) is 0 Å². The summed E-state index contributed by atoms with van der Waals surface area (Å²) in [5.41, 5.74) is 2.33. The van der Waals surface area contributed by atoms with Gasteiger partial charge in [-0.1, -0.05) is 23.4 Å². The molecule has 0 saturated heterocycles. The normalized spacial score (nSPS) is 11.8. The molecule has 8 heteroatoms. The van der Waals surface area contributed by atoms with Crippen LogP contribution in [-0.4, -0.2) is 26.5 Å². The first-order valence-corrected chi connectivity index (χ1v) is 8.24. The van der Waals surface area contributed by atoms with Gasteiger partial charge in [0.05, 0.1) is 29.5 Å². The molecule has 0 saturated carbocycles. The number of nitro benzene ring substituents is 1. The summed E-state index contributed by atoms with van der Waals surface area (Å²) in [4.78, 5) is 10.6. The predicted molar refractivity (Wildman–Crippen MR) is 97.7 cm³/mol. The topological polar surface area (TPSA) is 95.1 Å². The van der Waals surface area contributed by atoms with Crippen molar-refractivity contribution in [2.45, 2.75) is 19.9 Å². The number of ether oxygens (including phenoxy) is 1. The van der Waals surface area contributed by atoms with Crippen molar-refractivity contribution in [3.63, 3.8) is 0 Å². The maximum atomic E-state index is 11.1. The van der Waals surface area contributed by atoms with E-state index < -0.39 is 4.92 Å². The van der Waals surface area contributed by atoms with Gasteiger partial charge in [-0.3, -0.25) is 10.1 Å². The van der Waals surface area contributed by atoms with Crippen LogP contribution in [0.4, 0.5) is 11.4 Å². The molecule has 2 aromatic carbocycles. The minimum Gasteiger partial charge on any atom is -0.487 e. The third kappa shape index (κ3) is 3.80. The van der Waals surface area contributed by atoms with Crippen LogP contribution >= 0.6 is 0 Å². The quantitative estimate of drug-likeness (QED) is 0.513. The van der Waals surface area contributed by atoms with E-state index in [0.717, 1.165) is 11.4 Å². The second kappa shape index (κ2) is 7.64. The molecule has 1 unspecified atom stereocenters. The third-order valence-corrected chi connectivity index (χ3v) is 3.82. The number of para-hydroxylation sites is 1. The maximum Gasteiger partial charge on any atom is 0.311 e. The van der Waals surface area contributed by atoms with E-state index in [1.54, 1.807) is 23.7 Å². The van der Waals surface area contributed by atoms with Crippen molar-refractivity contribution in [3.8, 4) is 11.4 Å². The Labute approximate surface area is 150 Å². The Kier molecular flexibility index (Phi) is 5.12. The lowest BCUT2D eigenvalue weighted by Crippen LogP contribution is -2.08. The Morgan fingerprint density at radius 3 is 2.73 bits per heavy atom. The second-order valence-electron chi connectivity index (χ2n) is 5.66. The molecule has 3 rings (SSSR count). The summed E-state index contributed by atoms with van der Waals surface area (Å²) >= 11 is 0. The number of hydrogen-bond acceptors (Lipinski definition) is 6. The SMILES string of the molecule is CCOc1cc(NC(C)c2cn(-c3ccccc3)nn2)ccc1[N+](=O)[O-]. The van der Waals surface area contributed by atoms with Crippen molar-refractivity contribution in [1.82, 2.24) is 15.0 Å². The molecule has 1 aromatic heterocycles. The molecule has 1 N–H and O–H groups in total. The molecular formula is C18H19N5O3. The monoisotopic (exact) mass is 353 g/mol. The Hall–Kier alpha value is -3.42. The summed E-state index contributed by atoms with van der Waals surface area (Å²) in [5, 5.41) is 22.7. The maximum absolute atomic E-state index is 11.1. The van der Waals surface area contributed by atoms with Crippen molar-refractivity contribution >= 4 is 11.4 Å². The van der Waals surface area contributed by atoms with Crippen LogP contribution in [-0.2, 0) is 0 Å². The number of benzene rings is 2. The van der Waals surface area contributed by atoms with Gasteiger partial charge >= 0.3 is 5.69 Å². The van der Waals surface area contributed by atoms with Gasteiger partial charge in [-0.25, -0.2) is 4.68 Å². The van der Waals surface area contributed by atoms with Crippen LogP contribution in [0.25, 0.3) is 5.69 Å². The van der Waals surface area contributed by atoms with Crippen LogP contribution in [0.2, 0.25) is 0 Å². The van der Waals surface area contributed by atoms with Gasteiger partial charge in [-0.05, 0) is 32.0 Å². The molecule has 26 heavy (non-hydrogen) atoms. The van der Waals surface area contributed by atoms with Crippen molar-refractivity contribution in [2.24, 2.45) is 0 Å². The summed E-state index contributed by atoms with van der Waals surface area (Å²) < 4.78 is 7.08. The van der Waals surface area contributed by atoms with E-state index in [9.17, 15) is 10.1 Å². The number of rotatable bonds is 7. The molecule has 0 spiro atoms. The predicted octanol–water partition coefficient (Wildman–Crippen LogP) is 3.75. The van der Waals surface area contributed by atoms with Crippen molar-refractivity contribution in [3.05, 3.63) is 70.5 Å². The number of aromatic nitrogens is 3. The fourth-order valence-corrected chi connectivity index (χ4v) is 2.53. The third-order valence-electron chi connectivity index (χ3n) is 3.82. The summed E-state index contributed by atoms with van der Waals surface area (Å²) in [6.45, 7) is 4.08. The first kappa shape index (κ1) is 17.4. The zero-order valence-corrected chi connectivity index (χ0v) is 14.5. The van der Waals surface area contributed by atoms with E-state index in [-0.39, 0.29) is 17.5 Å². The molecule has 3 aromatic rings. The van der Waals surface area contributed by atoms with Crippen LogP contribution < -0.4 is 10.1 Å². The van der Waals surface area contributed by atoms with Crippen LogP contribution in [0, 0.1) is 10.1 Å². The zero-order chi connectivity index (χ0) is 18.5. The molecule has 0 aliphatic rings. The highest BCUT2D eigenvalue weighted by Gasteiger charge is 2.17. The molecule has 1 atom stereocenters. The molecule has 0 aliphatic carbocycles. The lowest BCUT2D eigenvalue weighted by atomic mass is 10.2. The molecule has 134 valence electrons. The molecular weight excluding hydrogens is 334 g/mol. The van der Waals surface area contributed by atoms with Gasteiger partial charge in [-0.15, -0.1) is 5.10 Å². The lowest BCUT2D eigenvalue weighted by Gasteiger charge is -2.13. The van der Waals surface area contributed by atoms with E-state index in [1.165, 1.54) is 6.07 Å². The van der Waals surface area contributed by atoms with E-state index >= 15 is 0 Å². The molecule has 0 bridgehead atoms. The minimum absolute atomic E-state index is 0.0555. The highest BCUT2D eigenvalue weighted by molar-refractivity contribution is 5.58. The van der Waals surface area contributed by atoms with Gasteiger partial charge in [-0.2, -0.15) is 0 Å². The van der Waals surface area contributed by atoms with Crippen molar-refractivity contribution < 1.29 is 9.66 Å².